The van der Waals surface area contributed by atoms with Gasteiger partial charge in [-0.05, 0) is 56.2 Å². The van der Waals surface area contributed by atoms with E-state index in [1.54, 1.807) is 45.0 Å². The molecule has 1 aromatic heterocycles. The third-order valence-electron chi connectivity index (χ3n) is 6.91. The topological polar surface area (TPSA) is 155 Å². The molecule has 3 heterocycles. The number of amides is 2. The number of thiophene rings is 1. The highest BCUT2D eigenvalue weighted by Crippen LogP contribution is 2.43. The zero-order valence-corrected chi connectivity index (χ0v) is 25.1. The second-order valence-corrected chi connectivity index (χ2v) is 12.7. The number of nitrogens with zero attached hydrogens (tertiary/aromatic N) is 1. The molecular weight excluding hydrogens is 600 g/mol. The highest BCUT2D eigenvalue weighted by molar-refractivity contribution is 7.92. The van der Waals surface area contributed by atoms with Crippen LogP contribution in [0, 0.1) is 6.92 Å². The molecule has 0 saturated heterocycles. The number of anilines is 2. The predicted octanol–water partition coefficient (Wildman–Crippen LogP) is 4.03. The van der Waals surface area contributed by atoms with Crippen molar-refractivity contribution in [2.45, 2.75) is 37.3 Å². The summed E-state index contributed by atoms with van der Waals surface area (Å²) in [5, 5.41) is 1.42. The molecule has 12 nitrogen and oxygen atoms in total. The summed E-state index contributed by atoms with van der Waals surface area (Å²) in [7, 11) is -4.09. The fraction of sp³-hybridized carbons (Fsp3) is 0.310. The number of sulfone groups is 1. The Morgan fingerprint density at radius 1 is 1.02 bits per heavy atom. The lowest BCUT2D eigenvalue weighted by atomic mass is 10.1. The van der Waals surface area contributed by atoms with Crippen molar-refractivity contribution < 1.29 is 46.5 Å². The molecule has 0 aliphatic carbocycles. The third kappa shape index (κ3) is 5.67. The van der Waals surface area contributed by atoms with E-state index >= 15 is 0 Å². The van der Waals surface area contributed by atoms with Crippen molar-refractivity contribution in [3.05, 3.63) is 64.0 Å². The Morgan fingerprint density at radius 3 is 2.47 bits per heavy atom. The second-order valence-electron chi connectivity index (χ2n) is 9.55. The van der Waals surface area contributed by atoms with Gasteiger partial charge in [-0.2, -0.15) is 0 Å². The van der Waals surface area contributed by atoms with Gasteiger partial charge in [-0.25, -0.2) is 18.0 Å². The van der Waals surface area contributed by atoms with Gasteiger partial charge in [0.25, 0.3) is 0 Å². The van der Waals surface area contributed by atoms with Crippen molar-refractivity contribution in [2.75, 3.05) is 36.8 Å². The number of esters is 2. The Balaban J connectivity index is 1.47. The fourth-order valence-corrected chi connectivity index (χ4v) is 7.94. The summed E-state index contributed by atoms with van der Waals surface area (Å²) < 4.78 is 48.7. The number of hydrogen-bond acceptors (Lipinski definition) is 11. The maximum Gasteiger partial charge on any atom is 0.348 e. The fourth-order valence-electron chi connectivity index (χ4n) is 4.92. The monoisotopic (exact) mass is 628 g/mol. The molecule has 1 unspecified atom stereocenters. The lowest BCUT2D eigenvalue weighted by molar-refractivity contribution is -0.121. The van der Waals surface area contributed by atoms with Gasteiger partial charge in [-0.3, -0.25) is 9.59 Å². The number of carbonyl (C=O) groups excluding carboxylic acids is 4. The van der Waals surface area contributed by atoms with E-state index in [0.717, 1.165) is 16.2 Å². The maximum absolute atomic E-state index is 13.9. The van der Waals surface area contributed by atoms with Crippen LogP contribution in [0.5, 0.6) is 11.5 Å². The van der Waals surface area contributed by atoms with E-state index in [2.05, 4.69) is 5.32 Å². The average Bonchev–Trinajstić information content (AvgIpc) is 3.56. The first kappa shape index (κ1) is 30.0. The summed E-state index contributed by atoms with van der Waals surface area (Å²) in [6.45, 7) is 4.42. The summed E-state index contributed by atoms with van der Waals surface area (Å²) in [5.41, 5.74) is 0.673. The highest BCUT2D eigenvalue weighted by Gasteiger charge is 2.40. The van der Waals surface area contributed by atoms with Crippen LogP contribution in [0.25, 0.3) is 0 Å². The smallest absolute Gasteiger partial charge is 0.348 e. The number of hydrogen-bond donors (Lipinski definition) is 1. The molecule has 43 heavy (non-hydrogen) atoms. The summed E-state index contributed by atoms with van der Waals surface area (Å²) in [6, 6.07) is 10.7. The normalized spacial score (nSPS) is 16.7. The summed E-state index contributed by atoms with van der Waals surface area (Å²) in [5.74, 6) is -1.88. The van der Waals surface area contributed by atoms with Crippen LogP contribution >= 0.6 is 11.3 Å². The van der Waals surface area contributed by atoms with E-state index in [9.17, 15) is 27.6 Å². The molecule has 2 aromatic carbocycles. The minimum atomic E-state index is -4.09. The first-order chi connectivity index (χ1) is 20.6. The minimum Gasteiger partial charge on any atom is -0.462 e. The quantitative estimate of drug-likeness (QED) is 0.362. The zero-order chi connectivity index (χ0) is 30.9. The van der Waals surface area contributed by atoms with E-state index in [4.69, 9.17) is 18.9 Å². The zero-order valence-electron chi connectivity index (χ0n) is 23.5. The maximum atomic E-state index is 13.9. The van der Waals surface area contributed by atoms with Crippen LogP contribution in [-0.2, 0) is 28.9 Å². The van der Waals surface area contributed by atoms with E-state index in [1.807, 2.05) is 0 Å². The van der Waals surface area contributed by atoms with Gasteiger partial charge < -0.3 is 29.2 Å². The van der Waals surface area contributed by atoms with Crippen LogP contribution in [0.3, 0.4) is 0 Å². The van der Waals surface area contributed by atoms with Crippen LogP contribution < -0.4 is 19.7 Å². The molecule has 0 bridgehead atoms. The summed E-state index contributed by atoms with van der Waals surface area (Å²) in [4.78, 5) is 53.4. The molecule has 2 aliphatic heterocycles. The van der Waals surface area contributed by atoms with Crippen molar-refractivity contribution in [2.24, 2.45) is 0 Å². The number of nitrogens with one attached hydrogen (secondary N) is 1. The van der Waals surface area contributed by atoms with Gasteiger partial charge in [-0.15, -0.1) is 11.3 Å². The van der Waals surface area contributed by atoms with Crippen molar-refractivity contribution in [3.8, 4) is 11.5 Å². The van der Waals surface area contributed by atoms with Crippen LogP contribution in [0.15, 0.2) is 47.4 Å². The van der Waals surface area contributed by atoms with Gasteiger partial charge in [0.1, 0.15) is 16.4 Å². The Kier molecular flexibility index (Phi) is 8.42. The molecule has 0 radical (unpaired) electrons. The summed E-state index contributed by atoms with van der Waals surface area (Å²) in [6.07, 6.45) is -0.441. The SMILES string of the molecule is CCOC(=O)c1sc(NC(=O)CN2C(=O)CC(c3ccc4c(c3)OCO4)S(=O)(=O)c3ccccc32)c(C(=O)OCC)c1C. The van der Waals surface area contributed by atoms with Gasteiger partial charge >= 0.3 is 11.9 Å². The Labute approximate surface area is 251 Å². The average molecular weight is 629 g/mol. The highest BCUT2D eigenvalue weighted by atomic mass is 32.2. The lowest BCUT2D eigenvalue weighted by Gasteiger charge is -2.21. The van der Waals surface area contributed by atoms with Crippen molar-refractivity contribution in [3.63, 3.8) is 0 Å². The largest absolute Gasteiger partial charge is 0.462 e. The van der Waals surface area contributed by atoms with E-state index in [1.165, 1.54) is 18.2 Å². The number of benzene rings is 2. The first-order valence-corrected chi connectivity index (χ1v) is 15.7. The first-order valence-electron chi connectivity index (χ1n) is 13.4. The van der Waals surface area contributed by atoms with Gasteiger partial charge in [0.05, 0.1) is 34.6 Å². The summed E-state index contributed by atoms with van der Waals surface area (Å²) >= 11 is 0.848. The molecular formula is C29H28N2O10S2. The minimum absolute atomic E-state index is 0.00343. The van der Waals surface area contributed by atoms with Crippen molar-refractivity contribution in [1.29, 1.82) is 0 Å². The van der Waals surface area contributed by atoms with Crippen molar-refractivity contribution in [1.82, 2.24) is 0 Å². The van der Waals surface area contributed by atoms with Crippen molar-refractivity contribution >= 4 is 55.6 Å². The number of fused-ring (bicyclic) bond motifs is 2. The Bertz CT molecular complexity index is 1730. The number of ether oxygens (including phenoxy) is 4. The number of rotatable bonds is 8. The molecule has 0 spiro atoms. The number of para-hydroxylation sites is 1. The van der Waals surface area contributed by atoms with Crippen LogP contribution in [-0.4, -0.2) is 58.7 Å². The predicted molar refractivity (Wildman–Crippen MR) is 156 cm³/mol. The van der Waals surface area contributed by atoms with E-state index in [-0.39, 0.29) is 51.6 Å². The molecule has 226 valence electrons. The van der Waals surface area contributed by atoms with E-state index < -0.39 is 51.8 Å². The Morgan fingerprint density at radius 2 is 1.72 bits per heavy atom. The van der Waals surface area contributed by atoms with Gasteiger partial charge in [0.15, 0.2) is 21.3 Å². The van der Waals surface area contributed by atoms with Gasteiger partial charge in [-0.1, -0.05) is 18.2 Å². The number of carbonyl (C=O) groups is 4. The van der Waals surface area contributed by atoms with Gasteiger partial charge in [0.2, 0.25) is 18.6 Å². The molecule has 14 heteroatoms. The molecule has 2 aliphatic rings. The second kappa shape index (κ2) is 12.1. The standard InChI is InChI=1S/C29H28N2O10S2/c1-4-38-28(34)25-16(3)26(29(35)39-5-2)42-27(25)30-23(32)14-31-18-8-6-7-9-21(18)43(36,37)22(13-24(31)33)17-10-11-19-20(12-17)41-15-40-19/h6-12,22H,4-5,13-15H2,1-3H3,(H,30,32). The van der Waals surface area contributed by atoms with Crippen LogP contribution in [0.2, 0.25) is 0 Å². The molecule has 2 amide bonds. The molecule has 0 saturated carbocycles. The molecule has 3 aromatic rings. The lowest BCUT2D eigenvalue weighted by Crippen LogP contribution is -2.38. The van der Waals surface area contributed by atoms with Crippen LogP contribution in [0.4, 0.5) is 10.7 Å². The molecule has 1 atom stereocenters. The molecule has 0 fully saturated rings. The molecule has 5 rings (SSSR count). The van der Waals surface area contributed by atoms with E-state index in [0.29, 0.717) is 17.1 Å². The Hall–Kier alpha value is -4.43. The third-order valence-corrected chi connectivity index (χ3v) is 10.2. The van der Waals surface area contributed by atoms with Crippen LogP contribution in [0.1, 0.15) is 56.7 Å². The van der Waals surface area contributed by atoms with Gasteiger partial charge in [0, 0.05) is 6.42 Å². The molecule has 1 N–H and O–H groups in total.